The van der Waals surface area contributed by atoms with Crippen LogP contribution in [0.1, 0.15) is 41.7 Å². The summed E-state index contributed by atoms with van der Waals surface area (Å²) in [5.41, 5.74) is 20.6. The Morgan fingerprint density at radius 2 is 1.28 bits per heavy atom. The lowest BCUT2D eigenvalue weighted by Crippen LogP contribution is -2.77. The molecule has 0 saturated heterocycles. The molecule has 9 aromatic rings. The van der Waals surface area contributed by atoms with Crippen LogP contribution < -0.4 is 19.3 Å². The molecule has 6 aromatic carbocycles. The van der Waals surface area contributed by atoms with Gasteiger partial charge in [-0.05, 0) is 83.2 Å². The second-order valence-corrected chi connectivity index (χ2v) is 15.7. The van der Waals surface area contributed by atoms with E-state index in [0.717, 1.165) is 11.0 Å². The number of anilines is 2. The van der Waals surface area contributed by atoms with Crippen molar-refractivity contribution < 1.29 is 4.68 Å². The van der Waals surface area contributed by atoms with Crippen molar-refractivity contribution in [2.75, 3.05) is 9.91 Å². The zero-order chi connectivity index (χ0) is 35.2. The first-order chi connectivity index (χ1) is 26.7. The molecule has 1 aliphatic carbocycles. The second kappa shape index (κ2) is 8.88. The predicted octanol–water partition coefficient (Wildman–Crippen LogP) is 10.1. The molecule has 5 aliphatic rings. The van der Waals surface area contributed by atoms with Gasteiger partial charge in [-0.15, -0.1) is 5.01 Å². The Morgan fingerprint density at radius 3 is 2.09 bits per heavy atom. The fraction of sp³-hybridized carbons (Fsp3) is 0.0833. The summed E-state index contributed by atoms with van der Waals surface area (Å²) in [6.45, 7) is 4.63. The summed E-state index contributed by atoms with van der Waals surface area (Å²) in [5.74, 6) is 0. The standard InChI is InChI=1S/C48H32N6/c1-28(2)51-38-20-8-7-19-37(38)50-27-42(51)31-15-11-18-35-45(31)54(50)46-36(48(35)33-16-5-3-13-29(33)30-14-4-6-17-34(30)48)25-24-32-43(46)47-52(41-23-12-26-49-44(32)41)39-21-9-10-22-40(39)53(47)54/h3-28H,1-2H3/q+2. The molecule has 14 rings (SSSR count). The van der Waals surface area contributed by atoms with Gasteiger partial charge in [0.25, 0.3) is 0 Å². The SMILES string of the molecule is CC(C)N1C2=CN(c3ccccc31)[N+]13c4c2cccc4C2(c4ccccc4-c4ccccc42)c2ccc4c5ncccc5n5c6ccccc6[n+]1c5c4c23. The second-order valence-electron chi connectivity index (χ2n) is 15.7. The van der Waals surface area contributed by atoms with Crippen molar-refractivity contribution >= 4 is 66.9 Å². The summed E-state index contributed by atoms with van der Waals surface area (Å²) in [7, 11) is 0. The predicted molar refractivity (Wildman–Crippen MR) is 217 cm³/mol. The molecule has 3 aromatic heterocycles. The largest absolute Gasteiger partial charge is 0.356 e. The van der Waals surface area contributed by atoms with Crippen LogP contribution in [0.4, 0.5) is 22.7 Å². The van der Waals surface area contributed by atoms with Crippen molar-refractivity contribution in [3.8, 4) is 11.1 Å². The van der Waals surface area contributed by atoms with E-state index in [-0.39, 0.29) is 6.04 Å². The van der Waals surface area contributed by atoms with Gasteiger partial charge in [0, 0.05) is 33.5 Å². The summed E-state index contributed by atoms with van der Waals surface area (Å²) in [6.07, 6.45) is 4.39. The van der Waals surface area contributed by atoms with Gasteiger partial charge in [-0.2, -0.15) is 4.40 Å². The minimum absolute atomic E-state index is 0.244. The third-order valence-corrected chi connectivity index (χ3v) is 13.2. The summed E-state index contributed by atoms with van der Waals surface area (Å²) < 4.78 is 5.53. The lowest BCUT2D eigenvalue weighted by Gasteiger charge is -2.53. The van der Waals surface area contributed by atoms with Crippen molar-refractivity contribution in [3.63, 3.8) is 0 Å². The van der Waals surface area contributed by atoms with Gasteiger partial charge < -0.3 is 4.90 Å². The topological polar surface area (TPSA) is 27.7 Å². The van der Waals surface area contributed by atoms with Gasteiger partial charge in [-0.3, -0.25) is 4.98 Å². The van der Waals surface area contributed by atoms with Gasteiger partial charge in [-0.1, -0.05) is 97.1 Å². The fourth-order valence-corrected chi connectivity index (χ4v) is 11.5. The average Bonchev–Trinajstić information content (AvgIpc) is 3.84. The number of pyridine rings is 2. The van der Waals surface area contributed by atoms with Gasteiger partial charge in [0.2, 0.25) is 16.9 Å². The number of nitrogens with zero attached hydrogens (tertiary/aromatic N) is 6. The van der Waals surface area contributed by atoms with E-state index in [1.54, 1.807) is 0 Å². The van der Waals surface area contributed by atoms with Crippen LogP contribution in [0.3, 0.4) is 0 Å². The van der Waals surface area contributed by atoms with E-state index in [9.17, 15) is 0 Å². The average molecular weight is 693 g/mol. The van der Waals surface area contributed by atoms with Crippen LogP contribution in [0.25, 0.3) is 55.3 Å². The van der Waals surface area contributed by atoms with Crippen LogP contribution in [-0.2, 0) is 5.41 Å². The monoisotopic (exact) mass is 692 g/mol. The molecule has 2 spiro atoms. The molecule has 6 heteroatoms. The number of rotatable bonds is 1. The molecule has 0 N–H and O–H groups in total. The molecule has 4 aliphatic heterocycles. The van der Waals surface area contributed by atoms with Crippen LogP contribution in [0.2, 0.25) is 0 Å². The Morgan fingerprint density at radius 1 is 0.611 bits per heavy atom. The number of hydrogen-bond donors (Lipinski definition) is 0. The van der Waals surface area contributed by atoms with Crippen LogP contribution in [0.15, 0.2) is 152 Å². The molecule has 0 amide bonds. The fourth-order valence-electron chi connectivity index (χ4n) is 11.5. The van der Waals surface area contributed by atoms with Crippen LogP contribution in [0, 0.1) is 0 Å². The lowest BCUT2D eigenvalue weighted by atomic mass is 9.63. The minimum Gasteiger partial charge on any atom is -0.335 e. The van der Waals surface area contributed by atoms with Crippen LogP contribution >= 0.6 is 0 Å². The highest BCUT2D eigenvalue weighted by Gasteiger charge is 2.70. The van der Waals surface area contributed by atoms with E-state index in [1.807, 2.05) is 6.20 Å². The van der Waals surface area contributed by atoms with Crippen LogP contribution in [-0.4, -0.2) is 15.4 Å². The highest BCUT2D eigenvalue weighted by atomic mass is 16.0. The number of fused-ring (bicyclic) bond motifs is 17. The first-order valence-electron chi connectivity index (χ1n) is 19.0. The van der Waals surface area contributed by atoms with E-state index >= 15 is 0 Å². The molecule has 1 atom stereocenters. The lowest BCUT2D eigenvalue weighted by molar-refractivity contribution is -0.747. The van der Waals surface area contributed by atoms with Crippen LogP contribution in [0.5, 0.6) is 0 Å². The molecule has 0 saturated carbocycles. The van der Waals surface area contributed by atoms with E-state index in [2.05, 4.69) is 179 Å². The van der Waals surface area contributed by atoms with Crippen molar-refractivity contribution in [2.45, 2.75) is 25.3 Å². The number of para-hydroxylation sites is 5. The molecule has 6 nitrogen and oxygen atoms in total. The highest BCUT2D eigenvalue weighted by Crippen LogP contribution is 2.69. The smallest absolute Gasteiger partial charge is 0.335 e. The normalized spacial score (nSPS) is 18.6. The zero-order valence-electron chi connectivity index (χ0n) is 29.7. The molecule has 54 heavy (non-hydrogen) atoms. The zero-order valence-corrected chi connectivity index (χ0v) is 29.7. The Bertz CT molecular complexity index is 3250. The van der Waals surface area contributed by atoms with Gasteiger partial charge >= 0.3 is 5.65 Å². The Balaban J connectivity index is 1.31. The van der Waals surface area contributed by atoms with Crippen molar-refractivity contribution in [1.29, 1.82) is 0 Å². The number of hydrogen-bond acceptors (Lipinski definition) is 3. The van der Waals surface area contributed by atoms with Gasteiger partial charge in [-0.25, -0.2) is 0 Å². The Hall–Kier alpha value is -6.76. The molecule has 2 bridgehead atoms. The van der Waals surface area contributed by atoms with E-state index in [4.69, 9.17) is 4.98 Å². The van der Waals surface area contributed by atoms with Crippen molar-refractivity contribution in [1.82, 2.24) is 14.1 Å². The van der Waals surface area contributed by atoms with Crippen molar-refractivity contribution in [3.05, 3.63) is 180 Å². The maximum absolute atomic E-state index is 5.15. The summed E-state index contributed by atoms with van der Waals surface area (Å²) in [6, 6.07) is 52.8. The number of quaternary nitrogens is 1. The molecule has 0 fully saturated rings. The molecular formula is C48H32N6+2. The quantitative estimate of drug-likeness (QED) is 0.0974. The molecule has 1 unspecified atom stereocenters. The summed E-state index contributed by atoms with van der Waals surface area (Å²) in [5, 5.41) is 5.04. The maximum Gasteiger partial charge on any atom is 0.356 e. The molecule has 7 heterocycles. The first-order valence-corrected chi connectivity index (χ1v) is 19.0. The molecule has 0 radical (unpaired) electrons. The Kier molecular flexibility index (Phi) is 4.58. The third-order valence-electron chi connectivity index (χ3n) is 13.2. The van der Waals surface area contributed by atoms with Crippen molar-refractivity contribution in [2.24, 2.45) is 0 Å². The van der Waals surface area contributed by atoms with Gasteiger partial charge in [0.1, 0.15) is 16.6 Å². The number of imidazole rings is 1. The van der Waals surface area contributed by atoms with E-state index < -0.39 is 5.41 Å². The summed E-state index contributed by atoms with van der Waals surface area (Å²) >= 11 is 0. The van der Waals surface area contributed by atoms with Gasteiger partial charge in [0.05, 0.1) is 28.6 Å². The molecular weight excluding hydrogens is 661 g/mol. The number of benzene rings is 6. The molecule has 252 valence electrons. The maximum atomic E-state index is 5.15. The first kappa shape index (κ1) is 27.8. The number of aromatic nitrogens is 3. The van der Waals surface area contributed by atoms with E-state index in [0.29, 0.717) is 4.70 Å². The van der Waals surface area contributed by atoms with E-state index in [1.165, 1.54) is 94.8 Å². The van der Waals surface area contributed by atoms with Gasteiger partial charge in [0.15, 0.2) is 11.0 Å². The Labute approximate surface area is 310 Å². The summed E-state index contributed by atoms with van der Waals surface area (Å²) in [4.78, 5) is 7.70. The minimum atomic E-state index is -0.546. The third kappa shape index (κ3) is 2.64. The highest BCUT2D eigenvalue weighted by molar-refractivity contribution is 6.20.